The van der Waals surface area contributed by atoms with E-state index in [2.05, 4.69) is 0 Å². The molecule has 0 amide bonds. The molecule has 0 spiro atoms. The fourth-order valence-corrected chi connectivity index (χ4v) is 0. The summed E-state index contributed by atoms with van der Waals surface area (Å²) in [5, 5.41) is 0. The van der Waals surface area contributed by atoms with Crippen LogP contribution in [0.25, 0.3) is 0 Å². The minimum absolute atomic E-state index is 0. The SMILES string of the molecule is O=S(=O)([O-])[O-].O=S(=O)([O-])[O-].O=S(=O)([O-])[O-].O=S(=O)([O-])[O-].[Fe+2].[NH4+].[V+5]. The van der Waals surface area contributed by atoms with Gasteiger partial charge in [-0.05, 0) is 0 Å². The Morgan fingerprint density at radius 2 is 0.391 bits per heavy atom. The van der Waals surface area contributed by atoms with Crippen LogP contribution in [0.2, 0.25) is 0 Å². The average molecular weight is 509 g/mol. The van der Waals surface area contributed by atoms with Gasteiger partial charge in [-0.15, -0.1) is 0 Å². The van der Waals surface area contributed by atoms with Gasteiger partial charge in [-0.3, -0.25) is 33.7 Å². The summed E-state index contributed by atoms with van der Waals surface area (Å²) in [4.78, 5) is 0. The van der Waals surface area contributed by atoms with Gasteiger partial charge in [0.15, 0.2) is 0 Å². The van der Waals surface area contributed by atoms with Crippen LogP contribution >= 0.6 is 0 Å². The van der Waals surface area contributed by atoms with E-state index in [1.54, 1.807) is 0 Å². The van der Waals surface area contributed by atoms with Gasteiger partial charge in [0, 0.05) is 41.6 Å². The van der Waals surface area contributed by atoms with Crippen molar-refractivity contribution in [3.05, 3.63) is 0 Å². The van der Waals surface area contributed by atoms with E-state index >= 15 is 0 Å². The monoisotopic (exact) mass is 509 g/mol. The average Bonchev–Trinajstić information content (AvgIpc) is 1.62. The van der Waals surface area contributed by atoms with Gasteiger partial charge in [0.1, 0.15) is 0 Å². The van der Waals surface area contributed by atoms with Gasteiger partial charge < -0.3 is 42.6 Å². The first-order valence-electron chi connectivity index (χ1n) is 2.67. The maximum atomic E-state index is 8.52. The van der Waals surface area contributed by atoms with Crippen molar-refractivity contribution < 1.29 is 106 Å². The molecule has 0 atom stereocenters. The van der Waals surface area contributed by atoms with E-state index < -0.39 is 41.6 Å². The molecule has 0 heterocycles. The summed E-state index contributed by atoms with van der Waals surface area (Å²) in [5.74, 6) is 0. The third kappa shape index (κ3) is 32200. The molecule has 0 saturated carbocycles. The molecule has 0 rings (SSSR count). The Balaban J connectivity index is -0.0000000284. The Hall–Kier alpha value is 0.544. The number of hydrogen-bond acceptors (Lipinski definition) is 16. The van der Waals surface area contributed by atoms with E-state index in [0.717, 1.165) is 0 Å². The van der Waals surface area contributed by atoms with Crippen molar-refractivity contribution in [3.63, 3.8) is 0 Å². The van der Waals surface area contributed by atoms with Gasteiger partial charge in [0.05, 0.1) is 0 Å². The van der Waals surface area contributed by atoms with Crippen molar-refractivity contribution in [3.8, 4) is 0 Å². The van der Waals surface area contributed by atoms with Crippen molar-refractivity contribution in [2.24, 2.45) is 0 Å². The number of rotatable bonds is 0. The van der Waals surface area contributed by atoms with Crippen molar-refractivity contribution in [1.82, 2.24) is 6.15 Å². The molecule has 142 valence electrons. The van der Waals surface area contributed by atoms with Gasteiger partial charge in [0.2, 0.25) is 0 Å². The van der Waals surface area contributed by atoms with Crippen LogP contribution in [-0.4, -0.2) is 70.1 Å². The Bertz CT molecular complexity index is 485. The van der Waals surface area contributed by atoms with Crippen molar-refractivity contribution >= 4 is 41.6 Å². The molecule has 0 aromatic carbocycles. The molecular formula is H4FeNO16S4V. The summed E-state index contributed by atoms with van der Waals surface area (Å²) in [6.45, 7) is 0. The molecule has 0 aliphatic rings. The predicted octanol–water partition coefficient (Wildman–Crippen LogP) is -4.98. The Morgan fingerprint density at radius 1 is 0.391 bits per heavy atom. The fourth-order valence-electron chi connectivity index (χ4n) is 0. The van der Waals surface area contributed by atoms with Crippen LogP contribution in [-0.2, 0) is 77.2 Å². The zero-order valence-corrected chi connectivity index (χ0v) is 15.7. The topological polar surface area (TPSA) is 358 Å². The maximum absolute atomic E-state index is 8.52. The van der Waals surface area contributed by atoms with Crippen LogP contribution in [0, 0.1) is 0 Å². The van der Waals surface area contributed by atoms with E-state index in [9.17, 15) is 0 Å². The van der Waals surface area contributed by atoms with E-state index in [1.807, 2.05) is 0 Å². The van der Waals surface area contributed by atoms with Gasteiger partial charge >= 0.3 is 35.6 Å². The molecule has 17 nitrogen and oxygen atoms in total. The van der Waals surface area contributed by atoms with Crippen LogP contribution < -0.4 is 6.15 Å². The van der Waals surface area contributed by atoms with E-state index in [4.69, 9.17) is 70.1 Å². The summed E-state index contributed by atoms with van der Waals surface area (Å²) in [6.07, 6.45) is 0. The third-order valence-corrected chi connectivity index (χ3v) is 0. The van der Waals surface area contributed by atoms with Crippen LogP contribution in [0.1, 0.15) is 0 Å². The smallest absolute Gasteiger partial charge is 0.759 e. The molecule has 4 N–H and O–H groups in total. The zero-order valence-electron chi connectivity index (χ0n) is 9.97. The van der Waals surface area contributed by atoms with Crippen molar-refractivity contribution in [2.75, 3.05) is 0 Å². The van der Waals surface area contributed by atoms with Crippen LogP contribution in [0.4, 0.5) is 0 Å². The van der Waals surface area contributed by atoms with E-state index in [-0.39, 0.29) is 41.8 Å². The second-order valence-corrected chi connectivity index (χ2v) is 4.90. The molecule has 0 aromatic heterocycles. The molecule has 0 aliphatic carbocycles. The molecule has 23 heteroatoms. The second kappa shape index (κ2) is 17.4. The molecule has 0 bridgehead atoms. The van der Waals surface area contributed by atoms with Gasteiger partial charge in [-0.1, -0.05) is 0 Å². The molecular weight excluding hydrogens is 505 g/mol. The molecule has 0 unspecified atom stereocenters. The van der Waals surface area contributed by atoms with Crippen molar-refractivity contribution in [1.29, 1.82) is 0 Å². The molecule has 0 saturated heterocycles. The zero-order chi connectivity index (χ0) is 18.0. The Morgan fingerprint density at radius 3 is 0.391 bits per heavy atom. The normalized spacial score (nSPS) is 10.1. The summed E-state index contributed by atoms with van der Waals surface area (Å²) in [7, 11) is -20.7. The quantitative estimate of drug-likeness (QED) is 0.181. The predicted molar refractivity (Wildman–Crippen MR) is 47.9 cm³/mol. The number of quaternary nitrogens is 1. The second-order valence-electron chi connectivity index (χ2n) is 1.63. The molecule has 0 radical (unpaired) electrons. The molecule has 23 heavy (non-hydrogen) atoms. The van der Waals surface area contributed by atoms with Gasteiger partial charge in [-0.25, -0.2) is 0 Å². The fraction of sp³-hybridized carbons (Fsp3) is 0. The molecule has 0 aliphatic heterocycles. The standard InChI is InChI=1S/Fe.H3N.4H2O4S.V/c;;4*1-5(2,3)4;/h;1H3;4*(H2,1,2,3,4);/q+2;;;;;;+5/p-7. The van der Waals surface area contributed by atoms with E-state index in [0.29, 0.717) is 0 Å². The van der Waals surface area contributed by atoms with Crippen LogP contribution in [0.5, 0.6) is 0 Å². The van der Waals surface area contributed by atoms with Crippen LogP contribution in [0.3, 0.4) is 0 Å². The molecule has 0 fully saturated rings. The minimum Gasteiger partial charge on any atom is -0.759 e. The first-order chi connectivity index (χ1) is 8.00. The third-order valence-electron chi connectivity index (χ3n) is 0. The summed E-state index contributed by atoms with van der Waals surface area (Å²) < 4.78 is 136. The largest absolute Gasteiger partial charge is 5.00 e. The Labute approximate surface area is 153 Å². The summed E-state index contributed by atoms with van der Waals surface area (Å²) >= 11 is 0. The molecule has 0 aromatic rings. The van der Waals surface area contributed by atoms with E-state index in [1.165, 1.54) is 0 Å². The van der Waals surface area contributed by atoms with Crippen LogP contribution in [0.15, 0.2) is 0 Å². The minimum atomic E-state index is -5.17. The van der Waals surface area contributed by atoms with Crippen molar-refractivity contribution in [2.45, 2.75) is 0 Å². The first-order valence-corrected chi connectivity index (χ1v) is 8.00. The van der Waals surface area contributed by atoms with Gasteiger partial charge in [0.25, 0.3) is 0 Å². The summed E-state index contributed by atoms with van der Waals surface area (Å²) in [6, 6.07) is 0. The maximum Gasteiger partial charge on any atom is 5.00 e. The number of hydrogen-bond donors (Lipinski definition) is 1. The Kier molecular flexibility index (Phi) is 33.0. The summed E-state index contributed by atoms with van der Waals surface area (Å²) in [5.41, 5.74) is 0. The van der Waals surface area contributed by atoms with Gasteiger partial charge in [-0.2, -0.15) is 0 Å². The first kappa shape index (κ1) is 43.7.